The first-order valence-corrected chi connectivity index (χ1v) is 6.13. The zero-order valence-corrected chi connectivity index (χ0v) is 11.0. The Morgan fingerprint density at radius 3 is 3.05 bits per heavy atom. The normalized spacial score (nSPS) is 11.9. The van der Waals surface area contributed by atoms with Crippen molar-refractivity contribution < 1.29 is 9.53 Å². The number of nitrogens with one attached hydrogen (secondary N) is 2. The number of aromatic nitrogens is 2. The van der Waals surface area contributed by atoms with Gasteiger partial charge < -0.3 is 15.0 Å². The number of aryl methyl sites for hydroxylation is 1. The molecule has 19 heavy (non-hydrogen) atoms. The van der Waals surface area contributed by atoms with Crippen LogP contribution in [0.2, 0.25) is 0 Å². The SMILES string of the molecule is Cc1cccc(OCC(=O)NC(C)c2ncc[nH]2)c1. The lowest BCUT2D eigenvalue weighted by Gasteiger charge is -2.12. The minimum atomic E-state index is -0.176. The summed E-state index contributed by atoms with van der Waals surface area (Å²) in [6, 6.07) is 7.43. The Kier molecular flexibility index (Phi) is 4.18. The molecule has 0 aliphatic heterocycles. The van der Waals surface area contributed by atoms with Crippen molar-refractivity contribution in [2.45, 2.75) is 19.9 Å². The van der Waals surface area contributed by atoms with E-state index in [-0.39, 0.29) is 18.6 Å². The standard InChI is InChI=1S/C14H17N3O2/c1-10-4-3-5-12(8-10)19-9-13(18)17-11(2)14-15-6-7-16-14/h3-8,11H,9H2,1-2H3,(H,15,16)(H,17,18). The maximum atomic E-state index is 11.7. The molecule has 100 valence electrons. The molecule has 5 heteroatoms. The van der Waals surface area contributed by atoms with E-state index in [2.05, 4.69) is 15.3 Å². The molecule has 2 N–H and O–H groups in total. The van der Waals surface area contributed by atoms with Gasteiger partial charge in [0.25, 0.3) is 5.91 Å². The molecule has 0 aliphatic carbocycles. The van der Waals surface area contributed by atoms with Crippen LogP contribution in [0.15, 0.2) is 36.7 Å². The Morgan fingerprint density at radius 2 is 2.37 bits per heavy atom. The molecule has 1 aromatic carbocycles. The number of hydrogen-bond acceptors (Lipinski definition) is 3. The van der Waals surface area contributed by atoms with Crippen molar-refractivity contribution >= 4 is 5.91 Å². The monoisotopic (exact) mass is 259 g/mol. The van der Waals surface area contributed by atoms with Crippen molar-refractivity contribution in [2.75, 3.05) is 6.61 Å². The molecule has 1 amide bonds. The van der Waals surface area contributed by atoms with E-state index in [1.54, 1.807) is 12.4 Å². The predicted molar refractivity (Wildman–Crippen MR) is 71.8 cm³/mol. The van der Waals surface area contributed by atoms with Gasteiger partial charge in [0.2, 0.25) is 0 Å². The molecule has 1 aromatic heterocycles. The Hall–Kier alpha value is -2.30. The number of benzene rings is 1. The van der Waals surface area contributed by atoms with E-state index in [9.17, 15) is 4.79 Å². The lowest BCUT2D eigenvalue weighted by atomic mass is 10.2. The third-order valence-electron chi connectivity index (χ3n) is 2.67. The van der Waals surface area contributed by atoms with Crippen LogP contribution in [-0.2, 0) is 4.79 Å². The maximum absolute atomic E-state index is 11.7. The fourth-order valence-electron chi connectivity index (χ4n) is 1.72. The minimum Gasteiger partial charge on any atom is -0.484 e. The molecule has 0 radical (unpaired) electrons. The van der Waals surface area contributed by atoms with E-state index in [4.69, 9.17) is 4.74 Å². The summed E-state index contributed by atoms with van der Waals surface area (Å²) in [6.45, 7) is 3.84. The third kappa shape index (κ3) is 3.84. The highest BCUT2D eigenvalue weighted by atomic mass is 16.5. The van der Waals surface area contributed by atoms with Gasteiger partial charge in [0.15, 0.2) is 6.61 Å². The molecule has 2 aromatic rings. The fourth-order valence-corrected chi connectivity index (χ4v) is 1.72. The van der Waals surface area contributed by atoms with Gasteiger partial charge in [-0.05, 0) is 31.5 Å². The van der Waals surface area contributed by atoms with Gasteiger partial charge in [-0.25, -0.2) is 4.98 Å². The summed E-state index contributed by atoms with van der Waals surface area (Å²) in [5.74, 6) is 1.25. The number of imidazole rings is 1. The first-order chi connectivity index (χ1) is 9.15. The van der Waals surface area contributed by atoms with Crippen molar-refractivity contribution in [1.29, 1.82) is 0 Å². The van der Waals surface area contributed by atoms with Crippen LogP contribution >= 0.6 is 0 Å². The molecule has 1 atom stereocenters. The van der Waals surface area contributed by atoms with Gasteiger partial charge in [0.05, 0.1) is 6.04 Å². The zero-order valence-electron chi connectivity index (χ0n) is 11.0. The quantitative estimate of drug-likeness (QED) is 0.862. The number of H-pyrrole nitrogens is 1. The number of rotatable bonds is 5. The number of hydrogen-bond donors (Lipinski definition) is 2. The molecule has 0 saturated heterocycles. The summed E-state index contributed by atoms with van der Waals surface area (Å²) < 4.78 is 5.42. The lowest BCUT2D eigenvalue weighted by Crippen LogP contribution is -2.31. The number of carbonyl (C=O) groups excluding carboxylic acids is 1. The van der Waals surface area contributed by atoms with Crippen LogP contribution in [0, 0.1) is 6.92 Å². The molecule has 0 fully saturated rings. The van der Waals surface area contributed by atoms with E-state index in [1.807, 2.05) is 38.1 Å². The molecule has 0 aliphatic rings. The minimum absolute atomic E-state index is 0.00545. The van der Waals surface area contributed by atoms with Crippen LogP contribution in [0.4, 0.5) is 0 Å². The maximum Gasteiger partial charge on any atom is 0.258 e. The average molecular weight is 259 g/mol. The Morgan fingerprint density at radius 1 is 1.53 bits per heavy atom. The van der Waals surface area contributed by atoms with Crippen molar-refractivity contribution in [2.24, 2.45) is 0 Å². The van der Waals surface area contributed by atoms with Gasteiger partial charge >= 0.3 is 0 Å². The topological polar surface area (TPSA) is 67.0 Å². The van der Waals surface area contributed by atoms with Gasteiger partial charge in [0, 0.05) is 12.4 Å². The number of carbonyl (C=O) groups is 1. The number of amides is 1. The first kappa shape index (κ1) is 13.1. The van der Waals surface area contributed by atoms with Crippen LogP contribution in [0.25, 0.3) is 0 Å². The van der Waals surface area contributed by atoms with Gasteiger partial charge in [0.1, 0.15) is 11.6 Å². The van der Waals surface area contributed by atoms with Crippen molar-refractivity contribution in [3.63, 3.8) is 0 Å². The van der Waals surface area contributed by atoms with Crippen molar-refractivity contribution in [1.82, 2.24) is 15.3 Å². The van der Waals surface area contributed by atoms with E-state index in [1.165, 1.54) is 0 Å². The lowest BCUT2D eigenvalue weighted by molar-refractivity contribution is -0.123. The summed E-state index contributed by atoms with van der Waals surface area (Å²) in [6.07, 6.45) is 3.38. The average Bonchev–Trinajstić information content (AvgIpc) is 2.90. The molecule has 1 unspecified atom stereocenters. The number of nitrogens with zero attached hydrogens (tertiary/aromatic N) is 1. The van der Waals surface area contributed by atoms with Crippen LogP contribution in [0.3, 0.4) is 0 Å². The Bertz CT molecular complexity index is 537. The van der Waals surface area contributed by atoms with E-state index in [0.29, 0.717) is 5.75 Å². The van der Waals surface area contributed by atoms with Gasteiger partial charge in [-0.2, -0.15) is 0 Å². The highest BCUT2D eigenvalue weighted by molar-refractivity contribution is 5.77. The third-order valence-corrected chi connectivity index (χ3v) is 2.67. The van der Waals surface area contributed by atoms with Gasteiger partial charge in [-0.3, -0.25) is 4.79 Å². The molecule has 0 bridgehead atoms. The molecule has 1 heterocycles. The van der Waals surface area contributed by atoms with Crippen LogP contribution < -0.4 is 10.1 Å². The van der Waals surface area contributed by atoms with Crippen LogP contribution in [0.5, 0.6) is 5.75 Å². The predicted octanol–water partition coefficient (Wildman–Crippen LogP) is 1.97. The van der Waals surface area contributed by atoms with Gasteiger partial charge in [-0.1, -0.05) is 12.1 Å². The van der Waals surface area contributed by atoms with Crippen molar-refractivity contribution in [3.05, 3.63) is 48.0 Å². The molecule has 5 nitrogen and oxygen atoms in total. The summed E-state index contributed by atoms with van der Waals surface area (Å²) in [7, 11) is 0. The number of ether oxygens (including phenoxy) is 1. The largest absolute Gasteiger partial charge is 0.484 e. The summed E-state index contributed by atoms with van der Waals surface area (Å²) in [5, 5.41) is 2.81. The van der Waals surface area contributed by atoms with E-state index in [0.717, 1.165) is 11.4 Å². The Labute approximate surface area is 112 Å². The van der Waals surface area contributed by atoms with Crippen LogP contribution in [0.1, 0.15) is 24.4 Å². The summed E-state index contributed by atoms with van der Waals surface area (Å²) in [5.41, 5.74) is 1.10. The molecule has 0 saturated carbocycles. The van der Waals surface area contributed by atoms with Crippen LogP contribution in [-0.4, -0.2) is 22.5 Å². The number of aromatic amines is 1. The summed E-state index contributed by atoms with van der Waals surface area (Å²) >= 11 is 0. The molecular formula is C14H17N3O2. The van der Waals surface area contributed by atoms with E-state index >= 15 is 0 Å². The second-order valence-corrected chi connectivity index (χ2v) is 4.37. The van der Waals surface area contributed by atoms with Crippen molar-refractivity contribution in [3.8, 4) is 5.75 Å². The second-order valence-electron chi connectivity index (χ2n) is 4.37. The Balaban J connectivity index is 1.82. The highest BCUT2D eigenvalue weighted by Crippen LogP contribution is 2.12. The smallest absolute Gasteiger partial charge is 0.258 e. The molecular weight excluding hydrogens is 242 g/mol. The summed E-state index contributed by atoms with van der Waals surface area (Å²) in [4.78, 5) is 18.8. The highest BCUT2D eigenvalue weighted by Gasteiger charge is 2.11. The fraction of sp³-hybridized carbons (Fsp3) is 0.286. The second kappa shape index (κ2) is 6.04. The molecule has 2 rings (SSSR count). The van der Waals surface area contributed by atoms with Gasteiger partial charge in [-0.15, -0.1) is 0 Å². The first-order valence-electron chi connectivity index (χ1n) is 6.13. The molecule has 0 spiro atoms. The zero-order chi connectivity index (χ0) is 13.7. The van der Waals surface area contributed by atoms with E-state index < -0.39 is 0 Å².